The molecule has 120 valence electrons. The maximum Gasteiger partial charge on any atom is 0.311 e. The first-order chi connectivity index (χ1) is 10.2. The van der Waals surface area contributed by atoms with E-state index in [1.807, 2.05) is 18.2 Å². The van der Waals surface area contributed by atoms with Crippen molar-refractivity contribution in [1.29, 1.82) is 0 Å². The topological polar surface area (TPSA) is 57.6 Å². The number of carbonyl (C=O) groups excluding carboxylic acids is 1. The summed E-state index contributed by atoms with van der Waals surface area (Å²) in [5.41, 5.74) is 0.372. The molecule has 1 aliphatic rings. The minimum Gasteiger partial charge on any atom is -0.481 e. The first-order valence-corrected chi connectivity index (χ1v) is 7.81. The first-order valence-electron chi connectivity index (χ1n) is 7.81. The van der Waals surface area contributed by atoms with Crippen LogP contribution in [0.25, 0.3) is 0 Å². The summed E-state index contributed by atoms with van der Waals surface area (Å²) in [6, 6.07) is 10.2. The number of carbonyl (C=O) groups is 2. The highest BCUT2D eigenvalue weighted by Gasteiger charge is 2.42. The third kappa shape index (κ3) is 3.49. The van der Waals surface area contributed by atoms with Gasteiger partial charge in [-0.05, 0) is 30.7 Å². The van der Waals surface area contributed by atoms with Crippen molar-refractivity contribution in [2.45, 2.75) is 45.4 Å². The lowest BCUT2D eigenvalue weighted by atomic mass is 9.80. The van der Waals surface area contributed by atoms with Crippen LogP contribution >= 0.6 is 0 Å². The van der Waals surface area contributed by atoms with Gasteiger partial charge in [0.2, 0.25) is 5.91 Å². The Kier molecular flexibility index (Phi) is 4.59. The Morgan fingerprint density at radius 2 is 1.91 bits per heavy atom. The van der Waals surface area contributed by atoms with Crippen molar-refractivity contribution in [1.82, 2.24) is 4.90 Å². The molecule has 1 aromatic rings. The molecule has 1 aliphatic heterocycles. The predicted molar refractivity (Wildman–Crippen MR) is 85.6 cm³/mol. The number of hydrogen-bond donors (Lipinski definition) is 1. The maximum absolute atomic E-state index is 12.4. The quantitative estimate of drug-likeness (QED) is 0.909. The molecule has 0 saturated carbocycles. The number of hydrogen-bond acceptors (Lipinski definition) is 2. The van der Waals surface area contributed by atoms with E-state index in [1.165, 1.54) is 5.56 Å². The van der Waals surface area contributed by atoms with Crippen LogP contribution < -0.4 is 0 Å². The zero-order valence-corrected chi connectivity index (χ0v) is 13.6. The minimum absolute atomic E-state index is 0.0628. The highest BCUT2D eigenvalue weighted by molar-refractivity contribution is 5.80. The van der Waals surface area contributed by atoms with Crippen molar-refractivity contribution in [2.75, 3.05) is 13.1 Å². The normalized spacial score (nSPS) is 21.9. The number of nitrogens with zero attached hydrogens (tertiary/aromatic N) is 1. The fourth-order valence-electron chi connectivity index (χ4n) is 2.96. The van der Waals surface area contributed by atoms with Crippen LogP contribution in [0.2, 0.25) is 0 Å². The SMILES string of the molecule is CC1(C(=O)O)CCN(C(=O)CCC(C)(C)c2ccccc2)C1. The third-order valence-electron chi connectivity index (χ3n) is 4.86. The zero-order chi connectivity index (χ0) is 16.4. The largest absolute Gasteiger partial charge is 0.481 e. The van der Waals surface area contributed by atoms with E-state index >= 15 is 0 Å². The number of likely N-dealkylation sites (tertiary alicyclic amines) is 1. The van der Waals surface area contributed by atoms with Gasteiger partial charge in [0, 0.05) is 19.5 Å². The molecule has 1 saturated heterocycles. The summed E-state index contributed by atoms with van der Waals surface area (Å²) in [6.45, 7) is 6.87. The zero-order valence-electron chi connectivity index (χ0n) is 13.6. The Balaban J connectivity index is 1.92. The van der Waals surface area contributed by atoms with Gasteiger partial charge in [-0.25, -0.2) is 0 Å². The summed E-state index contributed by atoms with van der Waals surface area (Å²) in [5, 5.41) is 9.24. The minimum atomic E-state index is -0.813. The summed E-state index contributed by atoms with van der Waals surface area (Å²) in [5.74, 6) is -0.749. The van der Waals surface area contributed by atoms with Crippen LogP contribution in [0.4, 0.5) is 0 Å². The standard InChI is InChI=1S/C18H25NO3/c1-17(2,14-7-5-4-6-8-14)10-9-15(20)19-12-11-18(3,13-19)16(21)22/h4-8H,9-13H2,1-3H3,(H,21,22). The van der Waals surface area contributed by atoms with Crippen LogP contribution in [-0.2, 0) is 15.0 Å². The number of benzene rings is 1. The smallest absolute Gasteiger partial charge is 0.311 e. The third-order valence-corrected chi connectivity index (χ3v) is 4.86. The van der Waals surface area contributed by atoms with E-state index in [4.69, 9.17) is 0 Å². The highest BCUT2D eigenvalue weighted by Crippen LogP contribution is 2.32. The lowest BCUT2D eigenvalue weighted by molar-refractivity contribution is -0.147. The molecule has 0 aliphatic carbocycles. The summed E-state index contributed by atoms with van der Waals surface area (Å²) >= 11 is 0. The van der Waals surface area contributed by atoms with Crippen molar-refractivity contribution in [3.63, 3.8) is 0 Å². The van der Waals surface area contributed by atoms with Crippen molar-refractivity contribution in [3.05, 3.63) is 35.9 Å². The Morgan fingerprint density at radius 3 is 2.45 bits per heavy atom. The molecule has 1 fully saturated rings. The molecule has 0 aromatic heterocycles. The van der Waals surface area contributed by atoms with Gasteiger partial charge in [-0.2, -0.15) is 0 Å². The number of rotatable bonds is 5. The van der Waals surface area contributed by atoms with E-state index in [9.17, 15) is 14.7 Å². The van der Waals surface area contributed by atoms with Gasteiger partial charge >= 0.3 is 5.97 Å². The predicted octanol–water partition coefficient (Wildman–Crippen LogP) is 3.07. The average molecular weight is 303 g/mol. The van der Waals surface area contributed by atoms with Crippen LogP contribution in [-0.4, -0.2) is 35.0 Å². The lowest BCUT2D eigenvalue weighted by Crippen LogP contribution is -2.35. The molecule has 4 heteroatoms. The molecular weight excluding hydrogens is 278 g/mol. The summed E-state index contributed by atoms with van der Waals surface area (Å²) in [7, 11) is 0. The number of carboxylic acids is 1. The van der Waals surface area contributed by atoms with Crippen LogP contribution in [0.15, 0.2) is 30.3 Å². The molecule has 1 amide bonds. The molecule has 1 heterocycles. The molecule has 1 atom stereocenters. The summed E-state index contributed by atoms with van der Waals surface area (Å²) in [6.07, 6.45) is 1.75. The van der Waals surface area contributed by atoms with Gasteiger partial charge in [0.05, 0.1) is 5.41 Å². The van der Waals surface area contributed by atoms with Gasteiger partial charge in [0.15, 0.2) is 0 Å². The molecule has 1 N–H and O–H groups in total. The number of amides is 1. The fraction of sp³-hybridized carbons (Fsp3) is 0.556. The molecular formula is C18H25NO3. The van der Waals surface area contributed by atoms with Crippen molar-refractivity contribution < 1.29 is 14.7 Å². The van der Waals surface area contributed by atoms with E-state index in [2.05, 4.69) is 26.0 Å². The van der Waals surface area contributed by atoms with Gasteiger partial charge in [0.25, 0.3) is 0 Å². The number of carboxylic acid groups (broad SMARTS) is 1. The second-order valence-corrected chi connectivity index (χ2v) is 7.18. The van der Waals surface area contributed by atoms with Crippen molar-refractivity contribution in [3.8, 4) is 0 Å². The van der Waals surface area contributed by atoms with Gasteiger partial charge in [-0.1, -0.05) is 44.2 Å². The molecule has 1 aromatic carbocycles. The van der Waals surface area contributed by atoms with E-state index in [1.54, 1.807) is 11.8 Å². The Morgan fingerprint density at radius 1 is 1.27 bits per heavy atom. The van der Waals surface area contributed by atoms with Gasteiger partial charge in [0.1, 0.15) is 0 Å². The van der Waals surface area contributed by atoms with Crippen LogP contribution in [0.5, 0.6) is 0 Å². The van der Waals surface area contributed by atoms with Crippen LogP contribution in [0.3, 0.4) is 0 Å². The van der Waals surface area contributed by atoms with Crippen LogP contribution in [0.1, 0.15) is 45.6 Å². The van der Waals surface area contributed by atoms with Crippen molar-refractivity contribution >= 4 is 11.9 Å². The molecule has 0 spiro atoms. The van der Waals surface area contributed by atoms with Gasteiger partial charge < -0.3 is 10.0 Å². The molecule has 22 heavy (non-hydrogen) atoms. The van der Waals surface area contributed by atoms with Gasteiger partial charge in [-0.3, -0.25) is 9.59 Å². The second kappa shape index (κ2) is 6.11. The van der Waals surface area contributed by atoms with E-state index < -0.39 is 11.4 Å². The average Bonchev–Trinajstić information content (AvgIpc) is 2.90. The first kappa shape index (κ1) is 16.5. The fourth-order valence-corrected chi connectivity index (χ4v) is 2.96. The summed E-state index contributed by atoms with van der Waals surface area (Å²) in [4.78, 5) is 25.3. The molecule has 2 rings (SSSR count). The monoisotopic (exact) mass is 303 g/mol. The molecule has 4 nitrogen and oxygen atoms in total. The van der Waals surface area contributed by atoms with E-state index in [-0.39, 0.29) is 11.3 Å². The van der Waals surface area contributed by atoms with Crippen LogP contribution in [0, 0.1) is 5.41 Å². The Bertz CT molecular complexity index is 553. The lowest BCUT2D eigenvalue weighted by Gasteiger charge is -2.26. The van der Waals surface area contributed by atoms with E-state index in [0.29, 0.717) is 25.9 Å². The summed E-state index contributed by atoms with van der Waals surface area (Å²) < 4.78 is 0. The Hall–Kier alpha value is -1.84. The molecule has 1 unspecified atom stereocenters. The second-order valence-electron chi connectivity index (χ2n) is 7.18. The molecule has 0 bridgehead atoms. The highest BCUT2D eigenvalue weighted by atomic mass is 16.4. The Labute approximate surface area is 132 Å². The van der Waals surface area contributed by atoms with Gasteiger partial charge in [-0.15, -0.1) is 0 Å². The van der Waals surface area contributed by atoms with Crippen molar-refractivity contribution in [2.24, 2.45) is 5.41 Å². The molecule has 0 radical (unpaired) electrons. The maximum atomic E-state index is 12.4. The van der Waals surface area contributed by atoms with E-state index in [0.717, 1.165) is 6.42 Å². The number of aliphatic carboxylic acids is 1.